The van der Waals surface area contributed by atoms with Crippen molar-refractivity contribution in [3.8, 4) is 0 Å². The Hall–Kier alpha value is -5.49. The van der Waals surface area contributed by atoms with Gasteiger partial charge in [0.05, 0.1) is 16.7 Å². The maximum Gasteiger partial charge on any atom is 0.0728 e. The van der Waals surface area contributed by atoms with E-state index in [1.165, 1.54) is 228 Å². The maximum atomic E-state index is 5.43. The van der Waals surface area contributed by atoms with E-state index in [-0.39, 0.29) is 10.8 Å². The van der Waals surface area contributed by atoms with Crippen LogP contribution < -0.4 is 0 Å². The number of benzene rings is 4. The Morgan fingerprint density at radius 1 is 0.353 bits per heavy atom. The van der Waals surface area contributed by atoms with Crippen LogP contribution in [-0.4, -0.2) is 134 Å². The molecule has 3 saturated carbocycles. The molecule has 8 fully saturated rings. The quantitative estimate of drug-likeness (QED) is 0.163. The third-order valence-corrected chi connectivity index (χ3v) is 25.2. The second-order valence-electron chi connectivity index (χ2n) is 36.8. The molecule has 0 N–H and O–H groups in total. The molecule has 0 amide bonds. The molecule has 0 bridgehead atoms. The number of likely N-dealkylation sites (tertiary alicyclic amines) is 4. The van der Waals surface area contributed by atoms with Crippen molar-refractivity contribution in [2.45, 2.75) is 398 Å². The Morgan fingerprint density at radius 2 is 0.714 bits per heavy atom. The highest BCUT2D eigenvalue weighted by atomic mass is 16.5. The zero-order valence-electron chi connectivity index (χ0n) is 84.8. The molecule has 4 aromatic heterocycles. The van der Waals surface area contributed by atoms with Gasteiger partial charge < -0.3 is 28.9 Å². The Bertz CT molecular complexity index is 3630. The first-order valence-electron chi connectivity index (χ1n) is 49.1. The van der Waals surface area contributed by atoms with Crippen LogP contribution in [0.1, 0.15) is 385 Å². The summed E-state index contributed by atoms with van der Waals surface area (Å²) < 4.78 is 9.58. The minimum absolute atomic E-state index is 0.161. The molecule has 8 aromatic rings. The van der Waals surface area contributed by atoms with E-state index >= 15 is 0 Å². The van der Waals surface area contributed by atoms with E-state index < -0.39 is 0 Å². The summed E-state index contributed by atoms with van der Waals surface area (Å²) in [4.78, 5) is 19.2. The highest BCUT2D eigenvalue weighted by Gasteiger charge is 2.44. The van der Waals surface area contributed by atoms with E-state index in [9.17, 15) is 0 Å². The van der Waals surface area contributed by atoms with Crippen molar-refractivity contribution in [2.75, 3.05) is 65.6 Å². The zero-order chi connectivity index (χ0) is 90.3. The molecule has 10 heteroatoms. The smallest absolute Gasteiger partial charge is 0.0728 e. The molecule has 678 valence electrons. The third-order valence-electron chi connectivity index (χ3n) is 25.2. The number of aromatic nitrogens is 5. The fraction of sp³-hybridized carbons (Fsp3) is 0.697. The molecular formula is C109H191N9O. The minimum Gasteiger partial charge on any atom is -0.381 e. The lowest BCUT2D eigenvalue weighted by atomic mass is 9.68. The Labute approximate surface area is 737 Å². The van der Waals surface area contributed by atoms with Crippen LogP contribution in [0.4, 0.5) is 0 Å². The molecule has 119 heavy (non-hydrogen) atoms. The number of ether oxygens (including phenoxy) is 1. The summed E-state index contributed by atoms with van der Waals surface area (Å²) in [6, 6.07) is 38.8. The van der Waals surface area contributed by atoms with Crippen LogP contribution in [0.2, 0.25) is 0 Å². The number of nitrogens with zero attached hydrogens (tertiary/aromatic N) is 9. The molecule has 5 aliphatic heterocycles. The molecule has 9 heterocycles. The van der Waals surface area contributed by atoms with Crippen LogP contribution in [0.25, 0.3) is 43.5 Å². The first kappa shape index (κ1) is 112. The molecule has 5 saturated heterocycles. The van der Waals surface area contributed by atoms with Crippen LogP contribution in [-0.2, 0) is 29.7 Å². The maximum absolute atomic E-state index is 5.43. The molecule has 0 atom stereocenters. The van der Waals surface area contributed by atoms with Gasteiger partial charge in [-0.05, 0) is 249 Å². The van der Waals surface area contributed by atoms with E-state index in [2.05, 4.69) is 268 Å². The Morgan fingerprint density at radius 3 is 1.10 bits per heavy atom. The second-order valence-corrected chi connectivity index (χ2v) is 36.8. The average molecular weight is 1640 g/mol. The number of fused-ring (bicyclic) bond motifs is 4. The van der Waals surface area contributed by atoms with Crippen molar-refractivity contribution >= 4 is 43.5 Å². The van der Waals surface area contributed by atoms with Gasteiger partial charge >= 0.3 is 0 Å². The highest BCUT2D eigenvalue weighted by molar-refractivity contribution is 5.86. The van der Waals surface area contributed by atoms with Crippen LogP contribution >= 0.6 is 0 Å². The Kier molecular flexibility index (Phi) is 54.2. The summed E-state index contributed by atoms with van der Waals surface area (Å²) >= 11 is 0. The molecule has 4 aromatic carbocycles. The van der Waals surface area contributed by atoms with E-state index in [1.807, 2.05) is 153 Å². The summed E-state index contributed by atoms with van der Waals surface area (Å²) in [6.07, 6.45) is 34.4. The van der Waals surface area contributed by atoms with Gasteiger partial charge in [0.2, 0.25) is 0 Å². The first-order chi connectivity index (χ1) is 56.9. The topological polar surface area (TPSA) is 70.7 Å². The highest BCUT2D eigenvalue weighted by Crippen LogP contribution is 2.49. The second kappa shape index (κ2) is 57.8. The molecule has 3 aliphatic carbocycles. The van der Waals surface area contributed by atoms with Gasteiger partial charge in [-0.2, -0.15) is 5.10 Å². The van der Waals surface area contributed by atoms with Crippen LogP contribution in [0.15, 0.2) is 128 Å². The summed E-state index contributed by atoms with van der Waals surface area (Å²) in [5, 5.41) is 11.0. The number of para-hydroxylation sites is 3. The average Bonchev–Trinajstić information content (AvgIpc) is 1.71. The zero-order valence-corrected chi connectivity index (χ0v) is 84.8. The molecular weight excluding hydrogens is 1450 g/mol. The molecule has 4 spiro atoms. The van der Waals surface area contributed by atoms with E-state index in [4.69, 9.17) is 4.74 Å². The van der Waals surface area contributed by atoms with Gasteiger partial charge in [0.15, 0.2) is 0 Å². The number of hydrogen-bond acceptors (Lipinski definition) is 8. The van der Waals surface area contributed by atoms with Gasteiger partial charge in [-0.3, -0.25) is 14.6 Å². The molecule has 8 aliphatic rings. The molecule has 16 rings (SSSR count). The van der Waals surface area contributed by atoms with Crippen molar-refractivity contribution in [2.24, 2.45) is 35.8 Å². The fourth-order valence-corrected chi connectivity index (χ4v) is 18.1. The molecule has 10 nitrogen and oxygen atoms in total. The fourth-order valence-electron chi connectivity index (χ4n) is 18.1. The predicted molar refractivity (Wildman–Crippen MR) is 534 cm³/mol. The minimum atomic E-state index is 0.161. The summed E-state index contributed by atoms with van der Waals surface area (Å²) in [7, 11) is 4.10. The normalized spacial score (nSPS) is 17.7. The van der Waals surface area contributed by atoms with Crippen molar-refractivity contribution in [3.05, 3.63) is 150 Å². The van der Waals surface area contributed by atoms with E-state index in [0.29, 0.717) is 17.3 Å². The van der Waals surface area contributed by atoms with Crippen LogP contribution in [0.3, 0.4) is 0 Å². The standard InChI is InChI=1S/2C13H15N.C12H15N.C12H23N.C11H14N2.C11H21NO.C11H21N.C10H19N.8C2H6/c1-13(2,3)12-9-14-8-10-6-4-5-7-11(10)12;1-13(2,3)11-8-9-14-12-7-5-4-6-10(11)12;1-9(2)11-8-13(3)12-7-5-4-6-10(11)12;1-11(2)13-9-8-12(10-13)6-4-3-5-7-12;1-8(2)11-9-6-4-5-7-10(9)13(3)12-11;1-10(2)12-6-3-11(9-12)4-7-13-8-5-11;1-10(2)12-8-7-11(9-12)5-3-4-6-11;1-9(2)11-7-6-10(8-11)4-3-5-10;8*1-2/h2*4-9H,1-3H3;4-9H,1-3H3;11H,3-10H2,1-2H3;4-8H,1-3H3;10H,3-9H2,1-2H3;10H,3-9H2,1-2H3;9H,3-8H2,1-2H3;8*1-2H3. The van der Waals surface area contributed by atoms with Gasteiger partial charge in [0, 0.05) is 130 Å². The Balaban J connectivity index is 0.000000663. The van der Waals surface area contributed by atoms with Crippen LogP contribution in [0, 0.1) is 21.7 Å². The lowest BCUT2D eigenvalue weighted by Crippen LogP contribution is -2.35. The van der Waals surface area contributed by atoms with Gasteiger partial charge in [0.1, 0.15) is 0 Å². The number of hydrogen-bond donors (Lipinski definition) is 0. The van der Waals surface area contributed by atoms with Crippen molar-refractivity contribution < 1.29 is 4.74 Å². The van der Waals surface area contributed by atoms with Gasteiger partial charge in [-0.25, -0.2) is 0 Å². The van der Waals surface area contributed by atoms with Crippen molar-refractivity contribution in [1.82, 2.24) is 43.9 Å². The lowest BCUT2D eigenvalue weighted by molar-refractivity contribution is 0.0179. The number of pyridine rings is 2. The SMILES string of the molecule is CC.CC.CC.CC.CC.CC.CC.CC.CC(C)(C)c1ccnc2ccccc12.CC(C)(C)c1cncc2ccccc12.CC(C)N1CCC2(CCC2)C1.CC(C)N1CCC2(CCCC2)C1.CC(C)N1CCC2(CCCCC2)C1.CC(C)N1CCC2(CCOCC2)C1.CC(C)c1cn(C)c2ccccc12.CC(C)c1nn(C)c2ccccc12. The summed E-state index contributed by atoms with van der Waals surface area (Å²) in [5.74, 6) is 1.09. The van der Waals surface area contributed by atoms with Crippen molar-refractivity contribution in [1.29, 1.82) is 0 Å². The predicted octanol–water partition coefficient (Wildman–Crippen LogP) is 31.2. The summed E-state index contributed by atoms with van der Waals surface area (Å²) in [6.45, 7) is 85.6. The van der Waals surface area contributed by atoms with Gasteiger partial charge in [-0.15, -0.1) is 0 Å². The lowest BCUT2D eigenvalue weighted by Gasteiger charge is -2.38. The number of aryl methyl sites for hydroxylation is 2. The monoisotopic (exact) mass is 1640 g/mol. The largest absolute Gasteiger partial charge is 0.381 e. The third kappa shape index (κ3) is 34.5. The van der Waals surface area contributed by atoms with E-state index in [0.717, 1.165) is 59.1 Å². The number of rotatable bonds is 6. The molecule has 0 radical (unpaired) electrons. The molecule has 0 unspecified atom stereocenters. The summed E-state index contributed by atoms with van der Waals surface area (Å²) in [5.41, 5.74) is 12.2. The first-order valence-corrected chi connectivity index (χ1v) is 49.1. The van der Waals surface area contributed by atoms with Gasteiger partial charge in [-0.1, -0.05) is 297 Å². The van der Waals surface area contributed by atoms with Gasteiger partial charge in [0.25, 0.3) is 0 Å². The van der Waals surface area contributed by atoms with Crippen molar-refractivity contribution in [3.63, 3.8) is 0 Å². The van der Waals surface area contributed by atoms with Crippen LogP contribution in [0.5, 0.6) is 0 Å². The van der Waals surface area contributed by atoms with E-state index in [1.54, 1.807) is 0 Å².